The Kier molecular flexibility index (Phi) is 7.64. The molecule has 3 aromatic rings. The molecule has 8 nitrogen and oxygen atoms in total. The molecule has 0 aromatic heterocycles. The zero-order chi connectivity index (χ0) is 30.4. The van der Waals surface area contributed by atoms with Gasteiger partial charge in [0.15, 0.2) is 0 Å². The summed E-state index contributed by atoms with van der Waals surface area (Å²) in [5.74, 6) is -1.37. The number of amides is 1. The lowest BCUT2D eigenvalue weighted by Gasteiger charge is -2.43. The molecule has 0 aliphatic carbocycles. The van der Waals surface area contributed by atoms with Crippen LogP contribution in [0.2, 0.25) is 0 Å². The van der Waals surface area contributed by atoms with Gasteiger partial charge in [-0.3, -0.25) is 4.79 Å². The van der Waals surface area contributed by atoms with Gasteiger partial charge in [0, 0.05) is 43.0 Å². The zero-order valence-corrected chi connectivity index (χ0v) is 24.7. The summed E-state index contributed by atoms with van der Waals surface area (Å²) >= 11 is 0. The molecule has 1 spiro atoms. The second-order valence-corrected chi connectivity index (χ2v) is 12.5. The Morgan fingerprint density at radius 3 is 2.35 bits per heavy atom. The molecule has 226 valence electrons. The zero-order valence-electron chi connectivity index (χ0n) is 24.7. The number of para-hydroxylation sites is 1. The molecule has 0 saturated carbocycles. The van der Waals surface area contributed by atoms with Crippen LogP contribution in [0.15, 0.2) is 72.8 Å². The summed E-state index contributed by atoms with van der Waals surface area (Å²) in [6.07, 6.45) is 1.53. The highest BCUT2D eigenvalue weighted by atomic mass is 19.1. The third-order valence-electron chi connectivity index (χ3n) is 9.67. The Labute approximate surface area is 251 Å². The van der Waals surface area contributed by atoms with Gasteiger partial charge >= 0.3 is 5.97 Å². The normalized spacial score (nSPS) is 21.1. The minimum atomic E-state index is -1.02. The van der Waals surface area contributed by atoms with E-state index in [0.717, 1.165) is 44.0 Å². The van der Waals surface area contributed by atoms with Gasteiger partial charge in [-0.2, -0.15) is 0 Å². The Morgan fingerprint density at radius 1 is 0.953 bits per heavy atom. The van der Waals surface area contributed by atoms with Gasteiger partial charge in [-0.25, -0.2) is 9.18 Å². The van der Waals surface area contributed by atoms with Gasteiger partial charge in [0.05, 0.1) is 12.2 Å². The number of carboxylic acid groups (broad SMARTS) is 1. The van der Waals surface area contributed by atoms with E-state index in [4.69, 9.17) is 0 Å². The van der Waals surface area contributed by atoms with E-state index in [2.05, 4.69) is 40.7 Å². The van der Waals surface area contributed by atoms with Crippen LogP contribution in [0.3, 0.4) is 0 Å². The van der Waals surface area contributed by atoms with Gasteiger partial charge < -0.3 is 29.8 Å². The molecular formula is C34H39FN4O4. The van der Waals surface area contributed by atoms with Gasteiger partial charge in [-0.15, -0.1) is 0 Å². The third-order valence-corrected chi connectivity index (χ3v) is 9.67. The highest BCUT2D eigenvalue weighted by molar-refractivity contribution is 5.94. The number of carbonyl (C=O) groups is 2. The number of carbonyl (C=O) groups excluding carboxylic acids is 1. The number of hydrogen-bond acceptors (Lipinski definition) is 6. The fourth-order valence-corrected chi connectivity index (χ4v) is 7.19. The summed E-state index contributed by atoms with van der Waals surface area (Å²) in [7, 11) is 0. The quantitative estimate of drug-likeness (QED) is 0.397. The Hall–Kier alpha value is -3.95. The van der Waals surface area contributed by atoms with E-state index < -0.39 is 17.7 Å². The van der Waals surface area contributed by atoms with Crippen LogP contribution in [-0.2, 0) is 16.8 Å². The van der Waals surface area contributed by atoms with Crippen molar-refractivity contribution in [3.8, 4) is 0 Å². The second-order valence-electron chi connectivity index (χ2n) is 12.5. The summed E-state index contributed by atoms with van der Waals surface area (Å²) in [6.45, 7) is 7.70. The molecule has 9 heteroatoms. The maximum Gasteiger partial charge on any atom is 0.336 e. The third kappa shape index (κ3) is 5.14. The van der Waals surface area contributed by atoms with Crippen LogP contribution in [0, 0.1) is 5.82 Å². The molecule has 3 aliphatic rings. The van der Waals surface area contributed by atoms with E-state index in [1.54, 1.807) is 41.3 Å². The number of nitrogens with zero attached hydrogens (tertiary/aromatic N) is 4. The molecular weight excluding hydrogens is 547 g/mol. The summed E-state index contributed by atoms with van der Waals surface area (Å²) in [5, 5.41) is 20.8. The Balaban J connectivity index is 1.15. The fraction of sp³-hybridized carbons (Fsp3) is 0.412. The van der Waals surface area contributed by atoms with Gasteiger partial charge in [-0.05, 0) is 73.3 Å². The molecule has 2 N–H and O–H groups in total. The van der Waals surface area contributed by atoms with Crippen LogP contribution in [0.4, 0.5) is 15.8 Å². The van der Waals surface area contributed by atoms with E-state index in [1.807, 2.05) is 12.1 Å². The molecule has 3 aliphatic heterocycles. The lowest BCUT2D eigenvalue weighted by atomic mass is 9.85. The van der Waals surface area contributed by atoms with Crippen LogP contribution in [0.5, 0.6) is 0 Å². The Morgan fingerprint density at radius 2 is 1.63 bits per heavy atom. The lowest BCUT2D eigenvalue weighted by Crippen LogP contribution is -2.56. The first-order valence-corrected chi connectivity index (χ1v) is 15.0. The minimum absolute atomic E-state index is 0.0179. The number of aliphatic hydroxyl groups is 1. The summed E-state index contributed by atoms with van der Waals surface area (Å²) < 4.78 is 13.8. The number of aromatic carboxylic acids is 1. The van der Waals surface area contributed by atoms with Crippen molar-refractivity contribution in [3.63, 3.8) is 0 Å². The van der Waals surface area contributed by atoms with Crippen molar-refractivity contribution >= 4 is 23.3 Å². The van der Waals surface area contributed by atoms with Gasteiger partial charge in [-0.1, -0.05) is 50.2 Å². The number of piperidine rings is 1. The van der Waals surface area contributed by atoms with Gasteiger partial charge in [0.25, 0.3) is 0 Å². The molecule has 2 fully saturated rings. The molecule has 2 saturated heterocycles. The monoisotopic (exact) mass is 586 g/mol. The van der Waals surface area contributed by atoms with E-state index >= 15 is 0 Å². The smallest absolute Gasteiger partial charge is 0.336 e. The average molecular weight is 587 g/mol. The first kappa shape index (κ1) is 29.1. The van der Waals surface area contributed by atoms with Crippen LogP contribution >= 0.6 is 0 Å². The second kappa shape index (κ2) is 11.3. The first-order valence-electron chi connectivity index (χ1n) is 15.0. The molecule has 0 radical (unpaired) electrons. The van der Waals surface area contributed by atoms with Crippen LogP contribution in [0.1, 0.15) is 54.6 Å². The van der Waals surface area contributed by atoms with Crippen molar-refractivity contribution in [3.05, 3.63) is 95.3 Å². The van der Waals surface area contributed by atoms with Crippen LogP contribution in [-0.4, -0.2) is 76.5 Å². The SMILES string of the molecule is CC1(C)c2ccccc2N(CCCN2CCC3(CC2)C(=O)N(Cc2ccccc2C(=O)O)CN3c2ccc(F)cc2)C1O. The van der Waals surface area contributed by atoms with Crippen molar-refractivity contribution in [2.75, 3.05) is 42.6 Å². The van der Waals surface area contributed by atoms with Crippen molar-refractivity contribution in [2.24, 2.45) is 0 Å². The highest BCUT2D eigenvalue weighted by Crippen LogP contribution is 2.44. The van der Waals surface area contributed by atoms with Crippen molar-refractivity contribution in [2.45, 2.75) is 56.8 Å². The molecule has 1 unspecified atom stereocenters. The van der Waals surface area contributed by atoms with E-state index in [1.165, 1.54) is 17.7 Å². The van der Waals surface area contributed by atoms with E-state index in [-0.39, 0.29) is 29.2 Å². The number of aliphatic hydroxyl groups excluding tert-OH is 1. The number of anilines is 2. The van der Waals surface area contributed by atoms with Crippen LogP contribution < -0.4 is 9.80 Å². The topological polar surface area (TPSA) is 87.6 Å². The molecule has 1 amide bonds. The first-order chi connectivity index (χ1) is 20.6. The van der Waals surface area contributed by atoms with Crippen molar-refractivity contribution in [1.82, 2.24) is 9.80 Å². The predicted octanol–water partition coefficient (Wildman–Crippen LogP) is 4.67. The number of rotatable bonds is 8. The minimum Gasteiger partial charge on any atom is -0.478 e. The van der Waals surface area contributed by atoms with E-state index in [9.17, 15) is 24.2 Å². The van der Waals surface area contributed by atoms with Gasteiger partial charge in [0.1, 0.15) is 17.6 Å². The van der Waals surface area contributed by atoms with Crippen molar-refractivity contribution in [1.29, 1.82) is 0 Å². The number of halogens is 1. The number of carboxylic acids is 1. The molecule has 1 atom stereocenters. The number of hydrogen-bond donors (Lipinski definition) is 2. The summed E-state index contributed by atoms with van der Waals surface area (Å²) in [4.78, 5) is 34.3. The summed E-state index contributed by atoms with van der Waals surface area (Å²) in [6, 6.07) is 21.2. The van der Waals surface area contributed by atoms with Crippen molar-refractivity contribution < 1.29 is 24.2 Å². The lowest BCUT2D eigenvalue weighted by molar-refractivity contribution is -0.134. The van der Waals surface area contributed by atoms with Crippen LogP contribution in [0.25, 0.3) is 0 Å². The maximum atomic E-state index is 14.1. The predicted molar refractivity (Wildman–Crippen MR) is 164 cm³/mol. The molecule has 3 heterocycles. The molecule has 3 aromatic carbocycles. The number of likely N-dealkylation sites (tertiary alicyclic amines) is 1. The highest BCUT2D eigenvalue weighted by Gasteiger charge is 2.53. The standard InChI is InChI=1S/C34H39FN4O4/c1-33(2)28-10-5-6-11-29(28)38(31(33)42)19-7-18-36-20-16-34(17-21-36)32(43)37(22-24-8-3-4-9-27(24)30(40)41)23-39(34)26-14-12-25(35)13-15-26/h3-6,8-15,31,42H,7,16-23H2,1-2H3,(H,40,41). The Bertz CT molecular complexity index is 1500. The molecule has 0 bridgehead atoms. The largest absolute Gasteiger partial charge is 0.478 e. The maximum absolute atomic E-state index is 14.1. The fourth-order valence-electron chi connectivity index (χ4n) is 7.19. The number of benzene rings is 3. The van der Waals surface area contributed by atoms with E-state index in [0.29, 0.717) is 25.1 Å². The summed E-state index contributed by atoms with van der Waals surface area (Å²) in [5.41, 5.74) is 2.70. The average Bonchev–Trinajstić information content (AvgIpc) is 3.37. The van der Waals surface area contributed by atoms with Gasteiger partial charge in [0.2, 0.25) is 5.91 Å². The molecule has 43 heavy (non-hydrogen) atoms. The molecule has 6 rings (SSSR count). The number of fused-ring (bicyclic) bond motifs is 1.